The summed E-state index contributed by atoms with van der Waals surface area (Å²) < 4.78 is 0. The molecule has 1 saturated carbocycles. The zero-order chi connectivity index (χ0) is 11.7. The number of rotatable bonds is 4. The molecule has 1 heterocycles. The predicted octanol–water partition coefficient (Wildman–Crippen LogP) is 1.48. The minimum absolute atomic E-state index is 0.410. The van der Waals surface area contributed by atoms with Crippen LogP contribution in [0.5, 0.6) is 0 Å². The van der Waals surface area contributed by atoms with Crippen LogP contribution in [0.15, 0.2) is 6.07 Å². The van der Waals surface area contributed by atoms with Crippen molar-refractivity contribution in [1.29, 1.82) is 0 Å². The standard InChI is InChI=1S/C11H19N5/c1-7(2)16(3)10-6-9(15-12)13-11(14-10)8-4-5-8/h6-8H,4-5,12H2,1-3H3,(H,13,14,15). The third-order valence-corrected chi connectivity index (χ3v) is 2.96. The van der Waals surface area contributed by atoms with Gasteiger partial charge in [-0.15, -0.1) is 0 Å². The van der Waals surface area contributed by atoms with Gasteiger partial charge in [-0.1, -0.05) is 0 Å². The van der Waals surface area contributed by atoms with E-state index in [1.165, 1.54) is 12.8 Å². The molecule has 1 aromatic rings. The molecule has 0 amide bonds. The molecule has 16 heavy (non-hydrogen) atoms. The third kappa shape index (κ3) is 2.24. The number of nitrogens with zero attached hydrogens (tertiary/aromatic N) is 3. The first kappa shape index (κ1) is 11.1. The molecule has 0 aliphatic heterocycles. The molecule has 0 bridgehead atoms. The van der Waals surface area contributed by atoms with E-state index < -0.39 is 0 Å². The van der Waals surface area contributed by atoms with Gasteiger partial charge in [0, 0.05) is 25.1 Å². The summed E-state index contributed by atoms with van der Waals surface area (Å²) >= 11 is 0. The monoisotopic (exact) mass is 221 g/mol. The zero-order valence-electron chi connectivity index (χ0n) is 10.1. The normalized spacial score (nSPS) is 15.3. The molecule has 0 unspecified atom stereocenters. The Morgan fingerprint density at radius 2 is 2.12 bits per heavy atom. The van der Waals surface area contributed by atoms with Crippen LogP contribution < -0.4 is 16.2 Å². The second-order valence-corrected chi connectivity index (χ2v) is 4.59. The lowest BCUT2D eigenvalue weighted by Gasteiger charge is -2.23. The molecule has 0 atom stereocenters. The third-order valence-electron chi connectivity index (χ3n) is 2.96. The van der Waals surface area contributed by atoms with Crippen LogP contribution in [0.1, 0.15) is 38.4 Å². The molecule has 1 aromatic heterocycles. The van der Waals surface area contributed by atoms with Crippen LogP contribution in [-0.2, 0) is 0 Å². The summed E-state index contributed by atoms with van der Waals surface area (Å²) in [7, 11) is 2.03. The zero-order valence-corrected chi connectivity index (χ0v) is 10.1. The van der Waals surface area contributed by atoms with Crippen molar-refractivity contribution in [1.82, 2.24) is 9.97 Å². The molecule has 0 saturated heterocycles. The van der Waals surface area contributed by atoms with Gasteiger partial charge in [-0.3, -0.25) is 0 Å². The Labute approximate surface area is 96.0 Å². The fourth-order valence-corrected chi connectivity index (χ4v) is 1.50. The molecule has 5 heteroatoms. The molecule has 0 radical (unpaired) electrons. The molecule has 88 valence electrons. The van der Waals surface area contributed by atoms with E-state index in [9.17, 15) is 0 Å². The van der Waals surface area contributed by atoms with Crippen molar-refractivity contribution in [2.24, 2.45) is 5.84 Å². The first-order valence-corrected chi connectivity index (χ1v) is 5.70. The summed E-state index contributed by atoms with van der Waals surface area (Å²) in [4.78, 5) is 11.1. The Bertz CT molecular complexity index is 373. The number of aromatic nitrogens is 2. The van der Waals surface area contributed by atoms with E-state index in [1.807, 2.05) is 13.1 Å². The van der Waals surface area contributed by atoms with Crippen molar-refractivity contribution in [2.45, 2.75) is 38.6 Å². The lowest BCUT2D eigenvalue weighted by atomic mass is 10.3. The van der Waals surface area contributed by atoms with Crippen LogP contribution >= 0.6 is 0 Å². The summed E-state index contributed by atoms with van der Waals surface area (Å²) in [6.07, 6.45) is 2.39. The number of nitrogens with one attached hydrogen (secondary N) is 1. The van der Waals surface area contributed by atoms with Gasteiger partial charge in [0.15, 0.2) is 0 Å². The van der Waals surface area contributed by atoms with Gasteiger partial charge < -0.3 is 10.3 Å². The van der Waals surface area contributed by atoms with Crippen LogP contribution in [0.2, 0.25) is 0 Å². The van der Waals surface area contributed by atoms with Gasteiger partial charge in [-0.2, -0.15) is 0 Å². The fraction of sp³-hybridized carbons (Fsp3) is 0.636. The van der Waals surface area contributed by atoms with E-state index in [0.717, 1.165) is 11.6 Å². The molecule has 1 fully saturated rings. The Morgan fingerprint density at radius 1 is 1.44 bits per heavy atom. The second kappa shape index (κ2) is 4.25. The second-order valence-electron chi connectivity index (χ2n) is 4.59. The van der Waals surface area contributed by atoms with Crippen molar-refractivity contribution in [2.75, 3.05) is 17.4 Å². The van der Waals surface area contributed by atoms with Crippen molar-refractivity contribution >= 4 is 11.6 Å². The van der Waals surface area contributed by atoms with E-state index in [-0.39, 0.29) is 0 Å². The molecule has 1 aliphatic rings. The number of anilines is 2. The van der Waals surface area contributed by atoms with Gasteiger partial charge in [-0.05, 0) is 26.7 Å². The molecule has 0 spiro atoms. The maximum atomic E-state index is 5.43. The molecular weight excluding hydrogens is 202 g/mol. The van der Waals surface area contributed by atoms with E-state index in [4.69, 9.17) is 5.84 Å². The molecule has 5 nitrogen and oxygen atoms in total. The van der Waals surface area contributed by atoms with Crippen molar-refractivity contribution in [3.63, 3.8) is 0 Å². The Kier molecular flexibility index (Phi) is 2.96. The molecular formula is C11H19N5. The van der Waals surface area contributed by atoms with Crippen LogP contribution in [0.3, 0.4) is 0 Å². The summed E-state index contributed by atoms with van der Waals surface area (Å²) in [5, 5.41) is 0. The lowest BCUT2D eigenvalue weighted by molar-refractivity contribution is 0.735. The highest BCUT2D eigenvalue weighted by Crippen LogP contribution is 2.39. The Morgan fingerprint density at radius 3 is 2.62 bits per heavy atom. The molecule has 2 rings (SSSR count). The summed E-state index contributed by atoms with van der Waals surface area (Å²) in [5.41, 5.74) is 2.61. The Balaban J connectivity index is 2.32. The highest BCUT2D eigenvalue weighted by Gasteiger charge is 2.27. The number of nitrogen functional groups attached to an aromatic ring is 1. The number of hydrazine groups is 1. The SMILES string of the molecule is CC(C)N(C)c1cc(NN)nc(C2CC2)n1. The van der Waals surface area contributed by atoms with Crippen molar-refractivity contribution < 1.29 is 0 Å². The minimum Gasteiger partial charge on any atom is -0.357 e. The first-order chi connectivity index (χ1) is 7.61. The maximum absolute atomic E-state index is 5.43. The predicted molar refractivity (Wildman–Crippen MR) is 65.4 cm³/mol. The Hall–Kier alpha value is -1.36. The first-order valence-electron chi connectivity index (χ1n) is 5.70. The van der Waals surface area contributed by atoms with Gasteiger partial charge in [0.2, 0.25) is 0 Å². The number of hydrogen-bond acceptors (Lipinski definition) is 5. The summed E-state index contributed by atoms with van der Waals surface area (Å²) in [6.45, 7) is 4.27. The lowest BCUT2D eigenvalue weighted by Crippen LogP contribution is -2.27. The quantitative estimate of drug-likeness (QED) is 0.595. The average Bonchev–Trinajstić information content (AvgIpc) is 3.11. The molecule has 0 aromatic carbocycles. The van der Waals surface area contributed by atoms with E-state index in [1.54, 1.807) is 0 Å². The fourth-order valence-electron chi connectivity index (χ4n) is 1.50. The largest absolute Gasteiger partial charge is 0.357 e. The summed E-state index contributed by atoms with van der Waals surface area (Å²) in [5.74, 6) is 8.50. The van der Waals surface area contributed by atoms with Crippen LogP contribution in [0.25, 0.3) is 0 Å². The number of hydrogen-bond donors (Lipinski definition) is 2. The maximum Gasteiger partial charge on any atom is 0.145 e. The van der Waals surface area contributed by atoms with Crippen LogP contribution in [-0.4, -0.2) is 23.1 Å². The van der Waals surface area contributed by atoms with Gasteiger partial charge in [0.1, 0.15) is 17.5 Å². The topological polar surface area (TPSA) is 67.1 Å². The number of nitrogens with two attached hydrogens (primary N) is 1. The van der Waals surface area contributed by atoms with E-state index in [0.29, 0.717) is 17.8 Å². The summed E-state index contributed by atoms with van der Waals surface area (Å²) in [6, 6.07) is 2.29. The van der Waals surface area contributed by atoms with E-state index in [2.05, 4.69) is 34.1 Å². The van der Waals surface area contributed by atoms with Crippen molar-refractivity contribution in [3.05, 3.63) is 11.9 Å². The van der Waals surface area contributed by atoms with Gasteiger partial charge in [0.25, 0.3) is 0 Å². The van der Waals surface area contributed by atoms with Gasteiger partial charge in [0.05, 0.1) is 0 Å². The minimum atomic E-state index is 0.410. The van der Waals surface area contributed by atoms with Crippen LogP contribution in [0.4, 0.5) is 11.6 Å². The molecule has 1 aliphatic carbocycles. The highest BCUT2D eigenvalue weighted by atomic mass is 15.3. The highest BCUT2D eigenvalue weighted by molar-refractivity contribution is 5.49. The van der Waals surface area contributed by atoms with Crippen LogP contribution in [0, 0.1) is 0 Å². The van der Waals surface area contributed by atoms with Gasteiger partial charge >= 0.3 is 0 Å². The van der Waals surface area contributed by atoms with Gasteiger partial charge in [-0.25, -0.2) is 15.8 Å². The smallest absolute Gasteiger partial charge is 0.145 e. The van der Waals surface area contributed by atoms with Crippen molar-refractivity contribution in [3.8, 4) is 0 Å². The molecule has 3 N–H and O–H groups in total. The average molecular weight is 221 g/mol. The van der Waals surface area contributed by atoms with E-state index >= 15 is 0 Å².